The van der Waals surface area contributed by atoms with E-state index >= 15 is 0 Å². The second kappa shape index (κ2) is 7.21. The lowest BCUT2D eigenvalue weighted by molar-refractivity contribution is 0.0540. The van der Waals surface area contributed by atoms with Crippen LogP contribution in [-0.4, -0.2) is 51.7 Å². The normalized spacial score (nSPS) is 16.5. The van der Waals surface area contributed by atoms with Gasteiger partial charge in [0.15, 0.2) is 0 Å². The van der Waals surface area contributed by atoms with Gasteiger partial charge < -0.3 is 14.2 Å². The average Bonchev–Trinajstić information content (AvgIpc) is 3.22. The quantitative estimate of drug-likeness (QED) is 0.844. The third-order valence-corrected chi connectivity index (χ3v) is 4.81. The second-order valence-corrected chi connectivity index (χ2v) is 6.54. The minimum Gasteiger partial charge on any atom is -0.467 e. The van der Waals surface area contributed by atoms with E-state index in [9.17, 15) is 4.79 Å². The first-order chi connectivity index (χ1) is 11.6. The minimum atomic E-state index is 0.0376. The number of hydrogen-bond acceptors (Lipinski definition) is 4. The standard InChI is InChI=1S/C18H26N4O2/c1-4-14-12-17(21(3)19-14)18(23)22(13-16-6-5-11-24-16)15-7-9-20(2)10-8-15/h5-6,11-12,15H,4,7-10,13H2,1-3H3. The maximum atomic E-state index is 13.2. The van der Waals surface area contributed by atoms with Crippen molar-refractivity contribution in [2.24, 2.45) is 7.05 Å². The second-order valence-electron chi connectivity index (χ2n) is 6.54. The van der Waals surface area contributed by atoms with Crippen molar-refractivity contribution in [3.63, 3.8) is 0 Å². The molecule has 0 unspecified atom stereocenters. The lowest BCUT2D eigenvalue weighted by atomic mass is 10.0. The van der Waals surface area contributed by atoms with Crippen molar-refractivity contribution in [1.82, 2.24) is 19.6 Å². The largest absolute Gasteiger partial charge is 0.467 e. The summed E-state index contributed by atoms with van der Waals surface area (Å²) in [5.74, 6) is 0.857. The highest BCUT2D eigenvalue weighted by atomic mass is 16.3. The van der Waals surface area contributed by atoms with Crippen LogP contribution in [0.2, 0.25) is 0 Å². The molecule has 0 N–H and O–H groups in total. The summed E-state index contributed by atoms with van der Waals surface area (Å²) >= 11 is 0. The van der Waals surface area contributed by atoms with Crippen LogP contribution in [0, 0.1) is 0 Å². The smallest absolute Gasteiger partial charge is 0.272 e. The van der Waals surface area contributed by atoms with Crippen LogP contribution >= 0.6 is 0 Å². The van der Waals surface area contributed by atoms with Gasteiger partial charge in [-0.1, -0.05) is 6.92 Å². The van der Waals surface area contributed by atoms with E-state index in [-0.39, 0.29) is 11.9 Å². The maximum Gasteiger partial charge on any atom is 0.272 e. The molecule has 24 heavy (non-hydrogen) atoms. The molecule has 2 aromatic heterocycles. The molecule has 0 aliphatic carbocycles. The topological polar surface area (TPSA) is 54.5 Å². The number of piperidine rings is 1. The summed E-state index contributed by atoms with van der Waals surface area (Å²) in [5, 5.41) is 4.42. The lowest BCUT2D eigenvalue weighted by Gasteiger charge is -2.37. The molecule has 0 saturated carbocycles. The fraction of sp³-hybridized carbons (Fsp3) is 0.556. The number of nitrogens with zero attached hydrogens (tertiary/aromatic N) is 4. The first-order valence-corrected chi connectivity index (χ1v) is 8.63. The number of rotatable bonds is 5. The summed E-state index contributed by atoms with van der Waals surface area (Å²) in [5.41, 5.74) is 1.60. The van der Waals surface area contributed by atoms with E-state index in [1.165, 1.54) is 0 Å². The highest BCUT2D eigenvalue weighted by Gasteiger charge is 2.30. The first-order valence-electron chi connectivity index (χ1n) is 8.63. The monoisotopic (exact) mass is 330 g/mol. The van der Waals surface area contributed by atoms with Gasteiger partial charge in [0.1, 0.15) is 11.5 Å². The van der Waals surface area contributed by atoms with Crippen molar-refractivity contribution >= 4 is 5.91 Å². The Hall–Kier alpha value is -2.08. The van der Waals surface area contributed by atoms with Gasteiger partial charge in [0.05, 0.1) is 18.5 Å². The SMILES string of the molecule is CCc1cc(C(=O)N(Cc2ccco2)C2CCN(C)CC2)n(C)n1. The van der Waals surface area contributed by atoms with E-state index in [4.69, 9.17) is 4.42 Å². The van der Waals surface area contributed by atoms with Crippen LogP contribution in [0.5, 0.6) is 0 Å². The Morgan fingerprint density at radius 2 is 2.12 bits per heavy atom. The summed E-state index contributed by atoms with van der Waals surface area (Å²) in [4.78, 5) is 17.5. The lowest BCUT2D eigenvalue weighted by Crippen LogP contribution is -2.46. The van der Waals surface area contributed by atoms with E-state index < -0.39 is 0 Å². The summed E-state index contributed by atoms with van der Waals surface area (Å²) in [6.45, 7) is 4.58. The van der Waals surface area contributed by atoms with Crippen molar-refractivity contribution in [2.75, 3.05) is 20.1 Å². The Bertz CT molecular complexity index is 669. The zero-order chi connectivity index (χ0) is 17.1. The van der Waals surface area contributed by atoms with Gasteiger partial charge in [-0.2, -0.15) is 5.10 Å². The fourth-order valence-electron chi connectivity index (χ4n) is 3.29. The molecule has 1 fully saturated rings. The zero-order valence-corrected chi connectivity index (χ0v) is 14.7. The molecule has 0 aromatic carbocycles. The summed E-state index contributed by atoms with van der Waals surface area (Å²) < 4.78 is 7.19. The minimum absolute atomic E-state index is 0.0376. The van der Waals surface area contributed by atoms with Crippen LogP contribution in [0.4, 0.5) is 0 Å². The number of hydrogen-bond donors (Lipinski definition) is 0. The van der Waals surface area contributed by atoms with E-state index in [0.29, 0.717) is 12.2 Å². The van der Waals surface area contributed by atoms with E-state index in [1.54, 1.807) is 10.9 Å². The number of aromatic nitrogens is 2. The van der Waals surface area contributed by atoms with Gasteiger partial charge in [-0.3, -0.25) is 9.48 Å². The number of carbonyl (C=O) groups excluding carboxylic acids is 1. The fourth-order valence-corrected chi connectivity index (χ4v) is 3.29. The van der Waals surface area contributed by atoms with Crippen molar-refractivity contribution < 1.29 is 9.21 Å². The number of carbonyl (C=O) groups is 1. The van der Waals surface area contributed by atoms with Crippen LogP contribution in [-0.2, 0) is 20.0 Å². The van der Waals surface area contributed by atoms with Crippen molar-refractivity contribution in [2.45, 2.75) is 38.8 Å². The molecule has 1 saturated heterocycles. The van der Waals surface area contributed by atoms with Gasteiger partial charge in [-0.15, -0.1) is 0 Å². The van der Waals surface area contributed by atoms with Gasteiger partial charge in [0.2, 0.25) is 0 Å². The molecule has 3 heterocycles. The Balaban J connectivity index is 1.85. The molecule has 1 aliphatic rings. The predicted molar refractivity (Wildman–Crippen MR) is 91.7 cm³/mol. The van der Waals surface area contributed by atoms with Gasteiger partial charge in [0.25, 0.3) is 5.91 Å². The molecule has 6 nitrogen and oxygen atoms in total. The number of aryl methyl sites for hydroxylation is 2. The van der Waals surface area contributed by atoms with Crippen LogP contribution < -0.4 is 0 Å². The van der Waals surface area contributed by atoms with Crippen LogP contribution in [0.25, 0.3) is 0 Å². The predicted octanol–water partition coefficient (Wildman–Crippen LogP) is 2.31. The Morgan fingerprint density at radius 1 is 1.38 bits per heavy atom. The molecule has 3 rings (SSSR count). The van der Waals surface area contributed by atoms with Gasteiger partial charge in [0, 0.05) is 13.1 Å². The summed E-state index contributed by atoms with van der Waals surface area (Å²) in [7, 11) is 3.97. The molecule has 0 atom stereocenters. The number of amides is 1. The Kier molecular flexibility index (Phi) is 5.04. The van der Waals surface area contributed by atoms with Crippen molar-refractivity contribution in [1.29, 1.82) is 0 Å². The molecular weight excluding hydrogens is 304 g/mol. The van der Waals surface area contributed by atoms with Gasteiger partial charge in [-0.25, -0.2) is 0 Å². The molecule has 0 bridgehead atoms. The van der Waals surface area contributed by atoms with E-state index in [1.807, 2.05) is 37.1 Å². The van der Waals surface area contributed by atoms with E-state index in [0.717, 1.165) is 43.8 Å². The first kappa shape index (κ1) is 16.8. The molecular formula is C18H26N4O2. The highest BCUT2D eigenvalue weighted by Crippen LogP contribution is 2.21. The number of furan rings is 1. The third-order valence-electron chi connectivity index (χ3n) is 4.81. The highest BCUT2D eigenvalue weighted by molar-refractivity contribution is 5.93. The van der Waals surface area contributed by atoms with Crippen molar-refractivity contribution in [3.8, 4) is 0 Å². The molecule has 1 aliphatic heterocycles. The number of likely N-dealkylation sites (tertiary alicyclic amines) is 1. The summed E-state index contributed by atoms with van der Waals surface area (Å²) in [6.07, 6.45) is 4.46. The molecule has 2 aromatic rings. The molecule has 1 amide bonds. The van der Waals surface area contributed by atoms with Crippen molar-refractivity contribution in [3.05, 3.63) is 41.6 Å². The van der Waals surface area contributed by atoms with E-state index in [2.05, 4.69) is 17.0 Å². The van der Waals surface area contributed by atoms with Crippen LogP contribution in [0.3, 0.4) is 0 Å². The molecule has 6 heteroatoms. The third kappa shape index (κ3) is 3.53. The molecule has 0 radical (unpaired) electrons. The zero-order valence-electron chi connectivity index (χ0n) is 14.7. The maximum absolute atomic E-state index is 13.2. The summed E-state index contributed by atoms with van der Waals surface area (Å²) in [6, 6.07) is 5.94. The molecule has 0 spiro atoms. The van der Waals surface area contributed by atoms with Gasteiger partial charge >= 0.3 is 0 Å². The molecule has 130 valence electrons. The Labute approximate surface area is 143 Å². The van der Waals surface area contributed by atoms with Crippen LogP contribution in [0.15, 0.2) is 28.9 Å². The Morgan fingerprint density at radius 3 is 2.71 bits per heavy atom. The van der Waals surface area contributed by atoms with Gasteiger partial charge in [-0.05, 0) is 57.6 Å². The van der Waals surface area contributed by atoms with Crippen LogP contribution in [0.1, 0.15) is 41.7 Å². The average molecular weight is 330 g/mol.